The monoisotopic (exact) mass is 274 g/mol. The van der Waals surface area contributed by atoms with Gasteiger partial charge < -0.3 is 5.32 Å². The van der Waals surface area contributed by atoms with Crippen LogP contribution in [0.15, 0.2) is 30.7 Å². The molecular formula is C12H11ClN6. The van der Waals surface area contributed by atoms with Crippen LogP contribution in [0, 0.1) is 6.92 Å². The van der Waals surface area contributed by atoms with Crippen molar-refractivity contribution >= 4 is 23.2 Å². The van der Waals surface area contributed by atoms with E-state index in [2.05, 4.69) is 25.4 Å². The Hall–Kier alpha value is -2.21. The number of pyridine rings is 1. The first-order valence-corrected chi connectivity index (χ1v) is 6.12. The first-order chi connectivity index (χ1) is 9.20. The standard InChI is InChI=1S/C12H11ClN6/c1-8-4-15-10(5-14-8)6-16-12-17-11-3-2-9(13)7-19(11)18-12/h2-5,7H,6H2,1H3,(H,16,18). The number of aromatic nitrogens is 5. The fourth-order valence-corrected chi connectivity index (χ4v) is 1.77. The van der Waals surface area contributed by atoms with E-state index in [-0.39, 0.29) is 0 Å². The molecule has 19 heavy (non-hydrogen) atoms. The predicted molar refractivity (Wildman–Crippen MR) is 72.1 cm³/mol. The fourth-order valence-electron chi connectivity index (χ4n) is 1.61. The second-order valence-corrected chi connectivity index (χ2v) is 4.52. The Bertz CT molecular complexity index is 706. The molecule has 0 radical (unpaired) electrons. The minimum absolute atomic E-state index is 0.526. The van der Waals surface area contributed by atoms with Gasteiger partial charge in [0.2, 0.25) is 5.95 Å². The largest absolute Gasteiger partial charge is 0.347 e. The number of nitrogens with one attached hydrogen (secondary N) is 1. The quantitative estimate of drug-likeness (QED) is 0.792. The van der Waals surface area contributed by atoms with Crippen molar-refractivity contribution < 1.29 is 0 Å². The van der Waals surface area contributed by atoms with Crippen molar-refractivity contribution in [1.29, 1.82) is 0 Å². The molecule has 96 valence electrons. The molecule has 0 spiro atoms. The number of halogens is 1. The smallest absolute Gasteiger partial charge is 0.243 e. The second-order valence-electron chi connectivity index (χ2n) is 4.09. The zero-order chi connectivity index (χ0) is 13.2. The van der Waals surface area contributed by atoms with Gasteiger partial charge in [-0.25, -0.2) is 4.52 Å². The molecule has 3 heterocycles. The average Bonchev–Trinajstić information content (AvgIpc) is 2.80. The number of nitrogens with zero attached hydrogens (tertiary/aromatic N) is 5. The fraction of sp³-hybridized carbons (Fsp3) is 0.167. The van der Waals surface area contributed by atoms with Gasteiger partial charge in [0.05, 0.1) is 29.2 Å². The maximum Gasteiger partial charge on any atom is 0.243 e. The van der Waals surface area contributed by atoms with Crippen LogP contribution >= 0.6 is 11.6 Å². The molecule has 7 heteroatoms. The third-order valence-corrected chi connectivity index (χ3v) is 2.78. The Morgan fingerprint density at radius 2 is 2.16 bits per heavy atom. The van der Waals surface area contributed by atoms with Crippen LogP contribution in [0.1, 0.15) is 11.4 Å². The molecule has 0 aliphatic heterocycles. The lowest BCUT2D eigenvalue weighted by Gasteiger charge is -2.00. The molecule has 0 bridgehead atoms. The summed E-state index contributed by atoms with van der Waals surface area (Å²) in [6.45, 7) is 2.43. The van der Waals surface area contributed by atoms with E-state index in [4.69, 9.17) is 11.6 Å². The van der Waals surface area contributed by atoms with E-state index >= 15 is 0 Å². The van der Waals surface area contributed by atoms with Gasteiger partial charge in [-0.15, -0.1) is 5.10 Å². The average molecular weight is 275 g/mol. The summed E-state index contributed by atoms with van der Waals surface area (Å²) in [5.74, 6) is 0.532. The Labute approximate surface area is 114 Å². The molecule has 0 atom stereocenters. The highest BCUT2D eigenvalue weighted by molar-refractivity contribution is 6.30. The molecule has 0 saturated carbocycles. The predicted octanol–water partition coefficient (Wildman–Crippen LogP) is 2.09. The van der Waals surface area contributed by atoms with Gasteiger partial charge in [0, 0.05) is 12.4 Å². The molecule has 0 unspecified atom stereocenters. The lowest BCUT2D eigenvalue weighted by molar-refractivity contribution is 0.931. The van der Waals surface area contributed by atoms with Crippen LogP contribution in [0.25, 0.3) is 5.65 Å². The molecule has 3 aromatic rings. The topological polar surface area (TPSA) is 68.0 Å². The van der Waals surface area contributed by atoms with E-state index < -0.39 is 0 Å². The van der Waals surface area contributed by atoms with E-state index in [1.54, 1.807) is 29.2 Å². The summed E-state index contributed by atoms with van der Waals surface area (Å²) in [4.78, 5) is 12.8. The summed E-state index contributed by atoms with van der Waals surface area (Å²) >= 11 is 5.89. The van der Waals surface area contributed by atoms with Gasteiger partial charge in [-0.1, -0.05) is 11.6 Å². The van der Waals surface area contributed by atoms with Crippen molar-refractivity contribution in [3.63, 3.8) is 0 Å². The Balaban J connectivity index is 1.76. The summed E-state index contributed by atoms with van der Waals surface area (Å²) in [5.41, 5.74) is 2.47. The van der Waals surface area contributed by atoms with Crippen LogP contribution in [0.4, 0.5) is 5.95 Å². The first kappa shape index (κ1) is 11.9. The van der Waals surface area contributed by atoms with E-state index in [1.165, 1.54) is 0 Å². The van der Waals surface area contributed by atoms with E-state index in [0.29, 0.717) is 17.5 Å². The van der Waals surface area contributed by atoms with Crippen LogP contribution in [-0.4, -0.2) is 24.6 Å². The number of rotatable bonds is 3. The third-order valence-electron chi connectivity index (χ3n) is 2.56. The molecule has 3 aromatic heterocycles. The Morgan fingerprint density at radius 3 is 2.95 bits per heavy atom. The van der Waals surface area contributed by atoms with Crippen LogP contribution in [0.3, 0.4) is 0 Å². The number of hydrogen-bond donors (Lipinski definition) is 1. The number of anilines is 1. The highest BCUT2D eigenvalue weighted by Gasteiger charge is 2.04. The van der Waals surface area contributed by atoms with Gasteiger partial charge in [0.25, 0.3) is 0 Å². The van der Waals surface area contributed by atoms with Crippen LogP contribution < -0.4 is 5.32 Å². The highest BCUT2D eigenvalue weighted by Crippen LogP contribution is 2.11. The molecule has 0 aliphatic carbocycles. The van der Waals surface area contributed by atoms with Crippen LogP contribution in [-0.2, 0) is 6.54 Å². The van der Waals surface area contributed by atoms with Gasteiger partial charge in [-0.2, -0.15) is 4.98 Å². The summed E-state index contributed by atoms with van der Waals surface area (Å²) in [7, 11) is 0. The van der Waals surface area contributed by atoms with Gasteiger partial charge in [0.1, 0.15) is 0 Å². The van der Waals surface area contributed by atoms with Crippen molar-refractivity contribution in [3.8, 4) is 0 Å². The SMILES string of the molecule is Cc1cnc(CNc2nc3ccc(Cl)cn3n2)cn1. The zero-order valence-corrected chi connectivity index (χ0v) is 11.0. The Kier molecular flexibility index (Phi) is 3.00. The maximum atomic E-state index is 5.89. The molecule has 0 aromatic carbocycles. The molecular weight excluding hydrogens is 264 g/mol. The first-order valence-electron chi connectivity index (χ1n) is 5.74. The van der Waals surface area contributed by atoms with Gasteiger partial charge in [-0.05, 0) is 19.1 Å². The van der Waals surface area contributed by atoms with Crippen molar-refractivity contribution in [3.05, 3.63) is 47.1 Å². The summed E-state index contributed by atoms with van der Waals surface area (Å²) < 4.78 is 1.63. The van der Waals surface area contributed by atoms with Crippen LogP contribution in [0.2, 0.25) is 5.02 Å². The third kappa shape index (κ3) is 2.63. The normalized spacial score (nSPS) is 10.8. The lowest BCUT2D eigenvalue weighted by Crippen LogP contribution is -2.04. The molecule has 0 amide bonds. The van der Waals surface area contributed by atoms with Gasteiger partial charge >= 0.3 is 0 Å². The number of fused-ring (bicyclic) bond motifs is 1. The molecule has 0 aliphatic rings. The minimum atomic E-state index is 0.526. The van der Waals surface area contributed by atoms with Gasteiger partial charge in [-0.3, -0.25) is 9.97 Å². The van der Waals surface area contributed by atoms with Crippen molar-refractivity contribution in [2.75, 3.05) is 5.32 Å². The van der Waals surface area contributed by atoms with E-state index in [1.807, 2.05) is 13.0 Å². The lowest BCUT2D eigenvalue weighted by atomic mass is 10.4. The highest BCUT2D eigenvalue weighted by atomic mass is 35.5. The molecule has 6 nitrogen and oxygen atoms in total. The molecule has 1 N–H and O–H groups in total. The summed E-state index contributed by atoms with van der Waals surface area (Å²) in [5, 5.41) is 7.99. The minimum Gasteiger partial charge on any atom is -0.347 e. The Morgan fingerprint density at radius 1 is 1.26 bits per heavy atom. The number of hydrogen-bond acceptors (Lipinski definition) is 5. The molecule has 0 saturated heterocycles. The second kappa shape index (κ2) is 4.81. The van der Waals surface area contributed by atoms with Gasteiger partial charge in [0.15, 0.2) is 5.65 Å². The van der Waals surface area contributed by atoms with Crippen molar-refractivity contribution in [1.82, 2.24) is 24.6 Å². The molecule has 0 fully saturated rings. The maximum absolute atomic E-state index is 5.89. The van der Waals surface area contributed by atoms with Crippen molar-refractivity contribution in [2.45, 2.75) is 13.5 Å². The summed E-state index contributed by atoms with van der Waals surface area (Å²) in [6.07, 6.45) is 5.17. The van der Waals surface area contributed by atoms with Crippen molar-refractivity contribution in [2.24, 2.45) is 0 Å². The summed E-state index contributed by atoms with van der Waals surface area (Å²) in [6, 6.07) is 3.59. The van der Waals surface area contributed by atoms with Crippen LogP contribution in [0.5, 0.6) is 0 Å². The molecule has 3 rings (SSSR count). The van der Waals surface area contributed by atoms with E-state index in [0.717, 1.165) is 17.0 Å². The zero-order valence-electron chi connectivity index (χ0n) is 10.2. The number of aryl methyl sites for hydroxylation is 1. The van der Waals surface area contributed by atoms with E-state index in [9.17, 15) is 0 Å².